The molecule has 0 fully saturated rings. The number of hydrogen-bond acceptors (Lipinski definition) is 3. The van der Waals surface area contributed by atoms with Crippen molar-refractivity contribution >= 4 is 23.4 Å². The minimum Gasteiger partial charge on any atom is -0.482 e. The summed E-state index contributed by atoms with van der Waals surface area (Å²) in [7, 11) is 0. The van der Waals surface area contributed by atoms with E-state index in [-0.39, 0.29) is 18.4 Å². The molecule has 2 aromatic carbocycles. The Kier molecular flexibility index (Phi) is 9.00. The van der Waals surface area contributed by atoms with Crippen molar-refractivity contribution in [2.45, 2.75) is 39.8 Å². The molecule has 0 aliphatic carbocycles. The summed E-state index contributed by atoms with van der Waals surface area (Å²) in [6, 6.07) is 16.0. The summed E-state index contributed by atoms with van der Waals surface area (Å²) in [6.07, 6.45) is 0.890. The number of hydrogen-bond donors (Lipinski definition) is 1. The van der Waals surface area contributed by atoms with Gasteiger partial charge in [-0.1, -0.05) is 67.9 Å². The summed E-state index contributed by atoms with van der Waals surface area (Å²) in [5, 5.41) is 3.36. The van der Waals surface area contributed by atoms with Crippen LogP contribution in [-0.2, 0) is 16.1 Å². The minimum absolute atomic E-state index is 0.173. The van der Waals surface area contributed by atoms with E-state index >= 15 is 0 Å². The van der Waals surface area contributed by atoms with Gasteiger partial charge in [-0.25, -0.2) is 0 Å². The van der Waals surface area contributed by atoms with Crippen LogP contribution in [-0.4, -0.2) is 35.9 Å². The van der Waals surface area contributed by atoms with Crippen molar-refractivity contribution in [3.8, 4) is 5.75 Å². The molecule has 0 saturated heterocycles. The van der Waals surface area contributed by atoms with Crippen LogP contribution < -0.4 is 10.1 Å². The standard InChI is InChI=1S/C23H29ClN2O3/c1-17(2)13-14-25-23(28)18(3)26(15-19-9-5-4-6-10-19)22(27)16-29-21-12-8-7-11-20(21)24/h4-12,17-18H,13-16H2,1-3H3,(H,25,28)/t18-/m0/s1. The molecular formula is C23H29ClN2O3. The quantitative estimate of drug-likeness (QED) is 0.628. The van der Waals surface area contributed by atoms with Crippen LogP contribution >= 0.6 is 11.6 Å². The maximum absolute atomic E-state index is 12.9. The number of carbonyl (C=O) groups excluding carboxylic acids is 2. The number of nitrogens with one attached hydrogen (secondary N) is 1. The van der Waals surface area contributed by atoms with E-state index in [4.69, 9.17) is 16.3 Å². The first-order valence-electron chi connectivity index (χ1n) is 9.87. The molecule has 0 aliphatic heterocycles. The Hall–Kier alpha value is -2.53. The number of ether oxygens (including phenoxy) is 1. The number of para-hydroxylation sites is 1. The highest BCUT2D eigenvalue weighted by Crippen LogP contribution is 2.23. The third-order valence-corrected chi connectivity index (χ3v) is 4.88. The molecule has 2 amide bonds. The first-order valence-corrected chi connectivity index (χ1v) is 10.2. The molecule has 0 saturated carbocycles. The van der Waals surface area contributed by atoms with E-state index in [0.29, 0.717) is 29.8 Å². The van der Waals surface area contributed by atoms with Crippen molar-refractivity contribution < 1.29 is 14.3 Å². The molecule has 1 atom stereocenters. The van der Waals surface area contributed by atoms with Crippen LogP contribution in [0.4, 0.5) is 0 Å². The third kappa shape index (κ3) is 7.42. The van der Waals surface area contributed by atoms with Crippen LogP contribution in [0.2, 0.25) is 5.02 Å². The van der Waals surface area contributed by atoms with Gasteiger partial charge in [0.1, 0.15) is 11.8 Å². The average molecular weight is 417 g/mol. The molecule has 6 heteroatoms. The summed E-state index contributed by atoms with van der Waals surface area (Å²) in [4.78, 5) is 27.1. The zero-order valence-corrected chi connectivity index (χ0v) is 18.0. The van der Waals surface area contributed by atoms with Crippen LogP contribution in [0, 0.1) is 5.92 Å². The largest absolute Gasteiger partial charge is 0.482 e. The fourth-order valence-electron chi connectivity index (χ4n) is 2.78. The van der Waals surface area contributed by atoms with Gasteiger partial charge in [-0.05, 0) is 37.0 Å². The molecule has 2 rings (SSSR count). The SMILES string of the molecule is CC(C)CCNC(=O)[C@H](C)N(Cc1ccccc1)C(=O)COc1ccccc1Cl. The van der Waals surface area contributed by atoms with Crippen molar-refractivity contribution in [1.29, 1.82) is 0 Å². The Morgan fingerprint density at radius 2 is 1.69 bits per heavy atom. The number of amides is 2. The van der Waals surface area contributed by atoms with Crippen LogP contribution in [0.3, 0.4) is 0 Å². The summed E-state index contributed by atoms with van der Waals surface area (Å²) >= 11 is 6.10. The summed E-state index contributed by atoms with van der Waals surface area (Å²) in [5.41, 5.74) is 0.945. The lowest BCUT2D eigenvalue weighted by atomic mass is 10.1. The normalized spacial score (nSPS) is 11.8. The lowest BCUT2D eigenvalue weighted by Crippen LogP contribution is -2.49. The van der Waals surface area contributed by atoms with Crippen LogP contribution in [0.15, 0.2) is 54.6 Å². The zero-order valence-electron chi connectivity index (χ0n) is 17.2. The molecular weight excluding hydrogens is 388 g/mol. The number of benzene rings is 2. The van der Waals surface area contributed by atoms with Gasteiger partial charge in [-0.3, -0.25) is 9.59 Å². The molecule has 0 spiro atoms. The van der Waals surface area contributed by atoms with Crippen molar-refractivity contribution in [2.24, 2.45) is 5.92 Å². The van der Waals surface area contributed by atoms with E-state index < -0.39 is 6.04 Å². The highest BCUT2D eigenvalue weighted by molar-refractivity contribution is 6.32. The topological polar surface area (TPSA) is 58.6 Å². The predicted octanol–water partition coefficient (Wildman–Crippen LogP) is 4.30. The number of nitrogens with zero attached hydrogens (tertiary/aromatic N) is 1. The van der Waals surface area contributed by atoms with E-state index in [1.54, 1.807) is 31.2 Å². The molecule has 2 aromatic rings. The molecule has 29 heavy (non-hydrogen) atoms. The molecule has 0 heterocycles. The molecule has 0 unspecified atom stereocenters. The van der Waals surface area contributed by atoms with E-state index in [9.17, 15) is 9.59 Å². The maximum Gasteiger partial charge on any atom is 0.261 e. The van der Waals surface area contributed by atoms with Gasteiger partial charge >= 0.3 is 0 Å². The predicted molar refractivity (Wildman–Crippen MR) is 116 cm³/mol. The zero-order chi connectivity index (χ0) is 21.2. The average Bonchev–Trinajstić information content (AvgIpc) is 2.71. The fourth-order valence-corrected chi connectivity index (χ4v) is 2.97. The van der Waals surface area contributed by atoms with Crippen molar-refractivity contribution in [2.75, 3.05) is 13.2 Å². The molecule has 0 radical (unpaired) electrons. The van der Waals surface area contributed by atoms with E-state index in [1.807, 2.05) is 30.3 Å². The Morgan fingerprint density at radius 1 is 1.03 bits per heavy atom. The van der Waals surface area contributed by atoms with Gasteiger partial charge in [0, 0.05) is 13.1 Å². The van der Waals surface area contributed by atoms with Crippen molar-refractivity contribution in [3.05, 3.63) is 65.2 Å². The summed E-state index contributed by atoms with van der Waals surface area (Å²) < 4.78 is 5.60. The number of rotatable bonds is 10. The maximum atomic E-state index is 12.9. The van der Waals surface area contributed by atoms with Gasteiger partial charge in [0.05, 0.1) is 5.02 Å². The van der Waals surface area contributed by atoms with Crippen molar-refractivity contribution in [1.82, 2.24) is 10.2 Å². The Balaban J connectivity index is 2.07. The molecule has 156 valence electrons. The second-order valence-electron chi connectivity index (χ2n) is 7.38. The lowest BCUT2D eigenvalue weighted by molar-refractivity contribution is -0.142. The van der Waals surface area contributed by atoms with E-state index in [2.05, 4.69) is 19.2 Å². The fraction of sp³-hybridized carbons (Fsp3) is 0.391. The van der Waals surface area contributed by atoms with Gasteiger partial charge in [0.2, 0.25) is 5.91 Å². The lowest BCUT2D eigenvalue weighted by Gasteiger charge is -2.29. The van der Waals surface area contributed by atoms with Gasteiger partial charge < -0.3 is 15.0 Å². The van der Waals surface area contributed by atoms with E-state index in [1.165, 1.54) is 4.90 Å². The third-order valence-electron chi connectivity index (χ3n) is 4.57. The monoisotopic (exact) mass is 416 g/mol. The number of carbonyl (C=O) groups is 2. The Morgan fingerprint density at radius 3 is 2.34 bits per heavy atom. The molecule has 1 N–H and O–H groups in total. The smallest absolute Gasteiger partial charge is 0.261 e. The molecule has 5 nitrogen and oxygen atoms in total. The van der Waals surface area contributed by atoms with Crippen LogP contribution in [0.5, 0.6) is 5.75 Å². The summed E-state index contributed by atoms with van der Waals surface area (Å²) in [5.74, 6) is 0.487. The van der Waals surface area contributed by atoms with Gasteiger partial charge in [-0.15, -0.1) is 0 Å². The Bertz CT molecular complexity index is 796. The summed E-state index contributed by atoms with van der Waals surface area (Å²) in [6.45, 7) is 6.66. The Labute approximate surface area is 178 Å². The highest BCUT2D eigenvalue weighted by atomic mass is 35.5. The van der Waals surface area contributed by atoms with Crippen LogP contribution in [0.1, 0.15) is 32.8 Å². The van der Waals surface area contributed by atoms with Crippen molar-refractivity contribution in [3.63, 3.8) is 0 Å². The van der Waals surface area contributed by atoms with E-state index in [0.717, 1.165) is 12.0 Å². The second-order valence-corrected chi connectivity index (χ2v) is 7.78. The molecule has 0 aliphatic rings. The van der Waals surface area contributed by atoms with Crippen LogP contribution in [0.25, 0.3) is 0 Å². The molecule has 0 bridgehead atoms. The minimum atomic E-state index is -0.621. The number of halogens is 1. The second kappa shape index (κ2) is 11.5. The van der Waals surface area contributed by atoms with Gasteiger partial charge in [0.15, 0.2) is 6.61 Å². The first-order chi connectivity index (χ1) is 13.9. The highest BCUT2D eigenvalue weighted by Gasteiger charge is 2.26. The van der Waals surface area contributed by atoms with Gasteiger partial charge in [-0.2, -0.15) is 0 Å². The molecule has 0 aromatic heterocycles. The first kappa shape index (κ1) is 22.8. The van der Waals surface area contributed by atoms with Gasteiger partial charge in [0.25, 0.3) is 5.91 Å².